The molecule has 0 radical (unpaired) electrons. The van der Waals surface area contributed by atoms with Crippen molar-refractivity contribution >= 4 is 22.4 Å². The topological polar surface area (TPSA) is 25.8 Å². The van der Waals surface area contributed by atoms with Gasteiger partial charge in [-0.2, -0.15) is 0 Å². The second-order valence-electron chi connectivity index (χ2n) is 3.88. The Morgan fingerprint density at radius 2 is 1.71 bits per heavy atom. The third-order valence-corrected chi connectivity index (χ3v) is 3.48. The van der Waals surface area contributed by atoms with E-state index in [9.17, 15) is 0 Å². The molecule has 1 aromatic carbocycles. The zero-order valence-electron chi connectivity index (χ0n) is 9.55. The molecule has 0 amide bonds. The van der Waals surface area contributed by atoms with Crippen molar-refractivity contribution in [1.29, 1.82) is 0 Å². The van der Waals surface area contributed by atoms with Crippen LogP contribution in [0, 0.1) is 0 Å². The molecule has 0 aliphatic heterocycles. The number of nitrogens with zero attached hydrogens (tertiary/aromatic N) is 2. The van der Waals surface area contributed by atoms with E-state index in [1.807, 2.05) is 23.6 Å². The Kier molecular flexibility index (Phi) is 2.61. The average molecular weight is 240 g/mol. The Balaban J connectivity index is 2.26. The second-order valence-corrected chi connectivity index (χ2v) is 4.62. The molecular weight excluding hydrogens is 228 g/mol. The lowest BCUT2D eigenvalue weighted by molar-refractivity contribution is 1.04. The van der Waals surface area contributed by atoms with Gasteiger partial charge in [0.1, 0.15) is 5.52 Å². The summed E-state index contributed by atoms with van der Waals surface area (Å²) in [4.78, 5) is 9.40. The van der Waals surface area contributed by atoms with E-state index >= 15 is 0 Å². The summed E-state index contributed by atoms with van der Waals surface area (Å²) in [6.07, 6.45) is 0.906. The largest absolute Gasteiger partial charge is 0.248 e. The molecule has 0 aliphatic carbocycles. The van der Waals surface area contributed by atoms with Crippen LogP contribution in [0.15, 0.2) is 41.1 Å². The van der Waals surface area contributed by atoms with Crippen LogP contribution in [0.2, 0.25) is 0 Å². The van der Waals surface area contributed by atoms with E-state index in [4.69, 9.17) is 4.98 Å². The lowest BCUT2D eigenvalue weighted by Gasteiger charge is -2.06. The SMILES string of the molecule is CCc1nc2cscc2nc1-c1ccccc1. The van der Waals surface area contributed by atoms with E-state index in [-0.39, 0.29) is 0 Å². The average Bonchev–Trinajstić information content (AvgIpc) is 2.85. The number of fused-ring (bicyclic) bond motifs is 1. The van der Waals surface area contributed by atoms with Crippen molar-refractivity contribution in [3.63, 3.8) is 0 Å². The summed E-state index contributed by atoms with van der Waals surface area (Å²) in [7, 11) is 0. The van der Waals surface area contributed by atoms with E-state index in [2.05, 4.69) is 29.4 Å². The number of hydrogen-bond acceptors (Lipinski definition) is 3. The van der Waals surface area contributed by atoms with Crippen LogP contribution in [0.1, 0.15) is 12.6 Å². The van der Waals surface area contributed by atoms with Gasteiger partial charge in [0, 0.05) is 16.3 Å². The summed E-state index contributed by atoms with van der Waals surface area (Å²) in [5.74, 6) is 0. The highest BCUT2D eigenvalue weighted by atomic mass is 32.1. The monoisotopic (exact) mass is 240 g/mol. The third kappa shape index (κ3) is 1.83. The minimum absolute atomic E-state index is 0.906. The zero-order valence-corrected chi connectivity index (χ0v) is 10.4. The van der Waals surface area contributed by atoms with Gasteiger partial charge in [-0.15, -0.1) is 11.3 Å². The molecule has 3 heteroatoms. The predicted octanol–water partition coefficient (Wildman–Crippen LogP) is 3.92. The molecule has 0 atom stereocenters. The maximum Gasteiger partial charge on any atom is 0.100 e. The van der Waals surface area contributed by atoms with E-state index in [0.29, 0.717) is 0 Å². The number of aryl methyl sites for hydroxylation is 1. The molecule has 3 rings (SSSR count). The Morgan fingerprint density at radius 1 is 1.00 bits per heavy atom. The highest BCUT2D eigenvalue weighted by Crippen LogP contribution is 2.25. The van der Waals surface area contributed by atoms with Gasteiger partial charge in [0.05, 0.1) is 16.9 Å². The molecule has 0 saturated heterocycles. The Morgan fingerprint density at radius 3 is 2.41 bits per heavy atom. The van der Waals surface area contributed by atoms with Gasteiger partial charge < -0.3 is 0 Å². The molecule has 0 bridgehead atoms. The van der Waals surface area contributed by atoms with Crippen molar-refractivity contribution in [3.8, 4) is 11.3 Å². The van der Waals surface area contributed by atoms with Crippen molar-refractivity contribution in [3.05, 3.63) is 46.8 Å². The summed E-state index contributed by atoms with van der Waals surface area (Å²) in [6.45, 7) is 2.12. The number of aromatic nitrogens is 2. The minimum Gasteiger partial charge on any atom is -0.248 e. The molecule has 0 unspecified atom stereocenters. The van der Waals surface area contributed by atoms with Gasteiger partial charge in [-0.25, -0.2) is 9.97 Å². The summed E-state index contributed by atoms with van der Waals surface area (Å²) in [5, 5.41) is 4.10. The molecule has 17 heavy (non-hydrogen) atoms. The van der Waals surface area contributed by atoms with Crippen molar-refractivity contribution < 1.29 is 0 Å². The van der Waals surface area contributed by atoms with Gasteiger partial charge in [-0.3, -0.25) is 0 Å². The van der Waals surface area contributed by atoms with Gasteiger partial charge in [0.25, 0.3) is 0 Å². The molecule has 0 aliphatic rings. The van der Waals surface area contributed by atoms with Crippen LogP contribution in [0.5, 0.6) is 0 Å². The molecule has 0 N–H and O–H groups in total. The smallest absolute Gasteiger partial charge is 0.100 e. The standard InChI is InChI=1S/C14H12N2S/c1-2-11-14(10-6-4-3-5-7-10)16-13-9-17-8-12(13)15-11/h3-9H,2H2,1H3. The van der Waals surface area contributed by atoms with Gasteiger partial charge in [0.2, 0.25) is 0 Å². The lowest BCUT2D eigenvalue weighted by Crippen LogP contribution is -1.96. The van der Waals surface area contributed by atoms with E-state index in [1.54, 1.807) is 11.3 Å². The fraction of sp³-hybridized carbons (Fsp3) is 0.143. The quantitative estimate of drug-likeness (QED) is 0.678. The fourth-order valence-corrected chi connectivity index (χ4v) is 2.58. The van der Waals surface area contributed by atoms with E-state index in [1.165, 1.54) is 0 Å². The number of thiophene rings is 1. The fourth-order valence-electron chi connectivity index (χ4n) is 1.91. The van der Waals surface area contributed by atoms with Crippen LogP contribution >= 0.6 is 11.3 Å². The van der Waals surface area contributed by atoms with Crippen LogP contribution in [-0.4, -0.2) is 9.97 Å². The summed E-state index contributed by atoms with van der Waals surface area (Å²) >= 11 is 1.65. The second kappa shape index (κ2) is 4.26. The van der Waals surface area contributed by atoms with Crippen molar-refractivity contribution in [2.75, 3.05) is 0 Å². The number of rotatable bonds is 2. The Hall–Kier alpha value is -1.74. The van der Waals surface area contributed by atoms with Crippen LogP contribution in [0.25, 0.3) is 22.3 Å². The predicted molar refractivity (Wildman–Crippen MR) is 72.2 cm³/mol. The maximum absolute atomic E-state index is 4.72. The maximum atomic E-state index is 4.72. The first-order valence-corrected chi connectivity index (χ1v) is 6.61. The van der Waals surface area contributed by atoms with Gasteiger partial charge >= 0.3 is 0 Å². The van der Waals surface area contributed by atoms with Gasteiger partial charge in [-0.1, -0.05) is 37.3 Å². The van der Waals surface area contributed by atoms with Crippen LogP contribution in [-0.2, 0) is 6.42 Å². The molecule has 0 saturated carbocycles. The molecule has 2 nitrogen and oxygen atoms in total. The van der Waals surface area contributed by atoms with Crippen LogP contribution in [0.4, 0.5) is 0 Å². The van der Waals surface area contributed by atoms with Crippen molar-refractivity contribution in [1.82, 2.24) is 9.97 Å². The molecule has 84 valence electrons. The number of hydrogen-bond donors (Lipinski definition) is 0. The molecule has 0 spiro atoms. The summed E-state index contributed by atoms with van der Waals surface area (Å²) < 4.78 is 0. The third-order valence-electron chi connectivity index (χ3n) is 2.76. The Bertz CT molecular complexity index is 644. The highest BCUT2D eigenvalue weighted by Gasteiger charge is 2.09. The molecular formula is C14H12N2S. The first-order valence-electron chi connectivity index (χ1n) is 5.66. The molecule has 2 heterocycles. The molecule has 0 fully saturated rings. The van der Waals surface area contributed by atoms with Crippen molar-refractivity contribution in [2.24, 2.45) is 0 Å². The number of benzene rings is 1. The lowest BCUT2D eigenvalue weighted by atomic mass is 10.1. The summed E-state index contributed by atoms with van der Waals surface area (Å²) in [5.41, 5.74) is 5.23. The van der Waals surface area contributed by atoms with Crippen LogP contribution in [0.3, 0.4) is 0 Å². The van der Waals surface area contributed by atoms with E-state index in [0.717, 1.165) is 34.4 Å². The van der Waals surface area contributed by atoms with E-state index < -0.39 is 0 Å². The molecule has 2 aromatic heterocycles. The minimum atomic E-state index is 0.906. The van der Waals surface area contributed by atoms with Gasteiger partial charge in [0.15, 0.2) is 0 Å². The van der Waals surface area contributed by atoms with Crippen LogP contribution < -0.4 is 0 Å². The van der Waals surface area contributed by atoms with Gasteiger partial charge in [-0.05, 0) is 6.42 Å². The zero-order chi connectivity index (χ0) is 11.7. The first-order chi connectivity index (χ1) is 8.38. The summed E-state index contributed by atoms with van der Waals surface area (Å²) in [6, 6.07) is 10.3. The molecule has 3 aromatic rings. The first kappa shape index (κ1) is 10.4. The highest BCUT2D eigenvalue weighted by molar-refractivity contribution is 7.09. The van der Waals surface area contributed by atoms with Crippen molar-refractivity contribution in [2.45, 2.75) is 13.3 Å². The Labute approximate surface area is 104 Å². The normalized spacial score (nSPS) is 10.9.